The van der Waals surface area contributed by atoms with Crippen LogP contribution in [0.1, 0.15) is 59.8 Å². The molecule has 1 unspecified atom stereocenters. The molecule has 1 aromatic heterocycles. The minimum absolute atomic E-state index is 0.294. The summed E-state index contributed by atoms with van der Waals surface area (Å²) in [5.74, 6) is 1.02. The van der Waals surface area contributed by atoms with Crippen LogP contribution in [0.2, 0.25) is 0 Å². The zero-order chi connectivity index (χ0) is 20.0. The zero-order valence-electron chi connectivity index (χ0n) is 17.0. The lowest BCUT2D eigenvalue weighted by molar-refractivity contribution is 0.00578. The smallest absolute Gasteiger partial charge is 0.399 e. The summed E-state index contributed by atoms with van der Waals surface area (Å²) in [5, 5.41) is 3.57. The van der Waals surface area contributed by atoms with Crippen LogP contribution >= 0.6 is 23.3 Å². The molecule has 2 N–H and O–H groups in total. The predicted octanol–water partition coefficient (Wildman–Crippen LogP) is 3.68. The molecule has 0 amide bonds. The molecular weight excluding hydrogens is 377 g/mol. The maximum Gasteiger partial charge on any atom is 0.494 e. The first-order valence-electron chi connectivity index (χ1n) is 9.35. The van der Waals surface area contributed by atoms with Gasteiger partial charge in [-0.25, -0.2) is 4.98 Å². The first kappa shape index (κ1) is 21.1. The van der Waals surface area contributed by atoms with Gasteiger partial charge in [0, 0.05) is 6.54 Å². The minimum Gasteiger partial charge on any atom is -0.399 e. The van der Waals surface area contributed by atoms with E-state index in [0.717, 1.165) is 35.3 Å². The van der Waals surface area contributed by atoms with E-state index in [1.165, 1.54) is 0 Å². The third kappa shape index (κ3) is 4.05. The maximum absolute atomic E-state index is 6.16. The molecule has 0 aliphatic carbocycles. The van der Waals surface area contributed by atoms with E-state index in [1.54, 1.807) is 0 Å². The van der Waals surface area contributed by atoms with Crippen LogP contribution in [0.25, 0.3) is 11.0 Å². The molecular formula is C19H30BN3O2S2. The molecule has 2 aliphatic heterocycles. The summed E-state index contributed by atoms with van der Waals surface area (Å²) in [5.41, 5.74) is 2.71. The van der Waals surface area contributed by atoms with Crippen molar-refractivity contribution in [1.29, 1.82) is 0 Å². The molecule has 0 spiro atoms. The molecule has 0 saturated carbocycles. The molecule has 148 valence electrons. The summed E-state index contributed by atoms with van der Waals surface area (Å²) in [6.07, 6.45) is 1.09. The lowest BCUT2D eigenvalue weighted by Crippen LogP contribution is -2.41. The third-order valence-corrected chi connectivity index (χ3v) is 5.96. The molecule has 3 heterocycles. The summed E-state index contributed by atoms with van der Waals surface area (Å²) < 4.78 is 12.3. The van der Waals surface area contributed by atoms with Crippen LogP contribution in [-0.2, 0) is 9.31 Å². The maximum atomic E-state index is 6.16. The molecule has 1 atom stereocenters. The van der Waals surface area contributed by atoms with Gasteiger partial charge in [-0.1, -0.05) is 19.9 Å². The Labute approximate surface area is 172 Å². The van der Waals surface area contributed by atoms with Gasteiger partial charge in [0.15, 0.2) is 0 Å². The SMILES string of the molecule is CC1(C)CNC(c2nc3ccc(B4OC(C)(C)C(C)(C)O4)cc3[nH]2)C1.SS. The molecule has 0 bridgehead atoms. The standard InChI is InChI=1S/C19H28BN3O2.H2S2/c1-17(2)10-15(21-11-17)16-22-13-8-7-12(9-14(13)23-16)20-24-18(3,4)19(5,6)25-20;1-2/h7-9,15,21H,10-11H2,1-6H3,(H,22,23);1-2H. The van der Waals surface area contributed by atoms with Gasteiger partial charge in [-0.05, 0) is 57.1 Å². The Kier molecular flexibility index (Phi) is 5.69. The second kappa shape index (κ2) is 7.30. The Bertz CT molecular complexity index is 806. The highest BCUT2D eigenvalue weighted by molar-refractivity contribution is 8.59. The first-order chi connectivity index (χ1) is 12.6. The Balaban J connectivity index is 0.00000102. The van der Waals surface area contributed by atoms with E-state index in [-0.39, 0.29) is 18.3 Å². The van der Waals surface area contributed by atoms with Gasteiger partial charge in [-0.15, -0.1) is 23.3 Å². The third-order valence-electron chi connectivity index (χ3n) is 5.96. The van der Waals surface area contributed by atoms with Crippen LogP contribution in [-0.4, -0.2) is 34.8 Å². The van der Waals surface area contributed by atoms with Crippen molar-refractivity contribution in [2.24, 2.45) is 5.41 Å². The lowest BCUT2D eigenvalue weighted by Gasteiger charge is -2.32. The van der Waals surface area contributed by atoms with Gasteiger partial charge in [-0.3, -0.25) is 0 Å². The molecule has 2 aliphatic rings. The van der Waals surface area contributed by atoms with E-state index in [4.69, 9.17) is 14.3 Å². The summed E-state index contributed by atoms with van der Waals surface area (Å²) in [7, 11) is -0.343. The summed E-state index contributed by atoms with van der Waals surface area (Å²) in [6, 6.07) is 6.51. The molecule has 0 radical (unpaired) electrons. The summed E-state index contributed by atoms with van der Waals surface area (Å²) in [6.45, 7) is 13.9. The van der Waals surface area contributed by atoms with Crippen molar-refractivity contribution in [2.45, 2.75) is 65.2 Å². The quantitative estimate of drug-likeness (QED) is 0.349. The summed E-state index contributed by atoms with van der Waals surface area (Å²) in [4.78, 5) is 8.28. The van der Waals surface area contributed by atoms with E-state index < -0.39 is 0 Å². The van der Waals surface area contributed by atoms with Crippen LogP contribution in [0.5, 0.6) is 0 Å². The van der Waals surface area contributed by atoms with Crippen LogP contribution in [0.4, 0.5) is 0 Å². The number of nitrogens with zero attached hydrogens (tertiary/aromatic N) is 1. The fraction of sp³-hybridized carbons (Fsp3) is 0.632. The van der Waals surface area contributed by atoms with Crippen molar-refractivity contribution >= 4 is 46.9 Å². The monoisotopic (exact) mass is 407 g/mol. The molecule has 2 aromatic rings. The lowest BCUT2D eigenvalue weighted by atomic mass is 9.79. The normalized spacial score (nSPS) is 25.5. The number of H-pyrrole nitrogens is 1. The number of benzene rings is 1. The molecule has 5 nitrogen and oxygen atoms in total. The van der Waals surface area contributed by atoms with Gasteiger partial charge < -0.3 is 19.6 Å². The largest absolute Gasteiger partial charge is 0.494 e. The van der Waals surface area contributed by atoms with Gasteiger partial charge in [-0.2, -0.15) is 0 Å². The highest BCUT2D eigenvalue weighted by Gasteiger charge is 2.51. The van der Waals surface area contributed by atoms with E-state index in [2.05, 4.69) is 93.4 Å². The predicted molar refractivity (Wildman–Crippen MR) is 119 cm³/mol. The highest BCUT2D eigenvalue weighted by atomic mass is 33.1. The number of nitrogens with one attached hydrogen (secondary N) is 2. The molecule has 8 heteroatoms. The van der Waals surface area contributed by atoms with E-state index in [1.807, 2.05) is 0 Å². The number of aromatic nitrogens is 2. The zero-order valence-corrected chi connectivity index (χ0v) is 18.7. The van der Waals surface area contributed by atoms with E-state index >= 15 is 0 Å². The van der Waals surface area contributed by atoms with Crippen molar-refractivity contribution in [2.75, 3.05) is 6.54 Å². The topological polar surface area (TPSA) is 59.2 Å². The molecule has 27 heavy (non-hydrogen) atoms. The van der Waals surface area contributed by atoms with Crippen LogP contribution < -0.4 is 10.8 Å². The summed E-state index contributed by atoms with van der Waals surface area (Å²) >= 11 is 6.44. The average molecular weight is 407 g/mol. The van der Waals surface area contributed by atoms with Gasteiger partial charge in [0.05, 0.1) is 28.3 Å². The Morgan fingerprint density at radius 2 is 1.70 bits per heavy atom. The fourth-order valence-corrected chi connectivity index (χ4v) is 3.63. The fourth-order valence-electron chi connectivity index (χ4n) is 3.63. The molecule has 1 aromatic carbocycles. The van der Waals surface area contributed by atoms with Crippen molar-refractivity contribution < 1.29 is 9.31 Å². The van der Waals surface area contributed by atoms with Crippen molar-refractivity contribution in [3.05, 3.63) is 24.0 Å². The average Bonchev–Trinajstić information content (AvgIpc) is 3.22. The van der Waals surface area contributed by atoms with Crippen molar-refractivity contribution in [1.82, 2.24) is 15.3 Å². The van der Waals surface area contributed by atoms with Gasteiger partial charge >= 0.3 is 7.12 Å². The highest BCUT2D eigenvalue weighted by Crippen LogP contribution is 2.37. The number of hydrogen-bond donors (Lipinski definition) is 4. The van der Waals surface area contributed by atoms with Gasteiger partial charge in [0.2, 0.25) is 0 Å². The molecule has 2 fully saturated rings. The molecule has 4 rings (SSSR count). The minimum atomic E-state index is -0.343. The van der Waals surface area contributed by atoms with Gasteiger partial charge in [0.1, 0.15) is 5.82 Å². The number of rotatable bonds is 2. The second-order valence-electron chi connectivity index (χ2n) is 9.29. The van der Waals surface area contributed by atoms with Gasteiger partial charge in [0.25, 0.3) is 0 Å². The molecule has 2 saturated heterocycles. The van der Waals surface area contributed by atoms with E-state index in [0.29, 0.717) is 11.5 Å². The second-order valence-corrected chi connectivity index (χ2v) is 9.29. The number of fused-ring (bicyclic) bond motifs is 1. The Morgan fingerprint density at radius 3 is 2.26 bits per heavy atom. The first-order valence-corrected chi connectivity index (χ1v) is 10.9. The van der Waals surface area contributed by atoms with Crippen LogP contribution in [0.15, 0.2) is 18.2 Å². The van der Waals surface area contributed by atoms with E-state index in [9.17, 15) is 0 Å². The van der Waals surface area contributed by atoms with Crippen LogP contribution in [0, 0.1) is 5.41 Å². The Hall–Kier alpha value is -0.665. The van der Waals surface area contributed by atoms with Crippen molar-refractivity contribution in [3.8, 4) is 0 Å². The number of thiol groups is 2. The number of aromatic amines is 1. The van der Waals surface area contributed by atoms with Crippen LogP contribution in [0.3, 0.4) is 0 Å². The number of imidazole rings is 1. The van der Waals surface area contributed by atoms with Crippen molar-refractivity contribution in [3.63, 3.8) is 0 Å². The Morgan fingerprint density at radius 1 is 1.07 bits per heavy atom. The number of hydrogen-bond acceptors (Lipinski definition) is 6.